The van der Waals surface area contributed by atoms with Crippen molar-refractivity contribution in [2.45, 2.75) is 26.7 Å². The number of nitrogens with two attached hydrogens (primary N) is 1. The molecule has 0 radical (unpaired) electrons. The molecular formula is C6H14N2. The van der Waals surface area contributed by atoms with Crippen LogP contribution in [0.15, 0.2) is 0 Å². The third kappa shape index (κ3) is 51.3. The Hall–Kier alpha value is -0.550. The van der Waals surface area contributed by atoms with Crippen LogP contribution in [0.25, 0.3) is 0 Å². The van der Waals surface area contributed by atoms with Crippen molar-refractivity contribution in [3.05, 3.63) is 0 Å². The number of nitriles is 1. The summed E-state index contributed by atoms with van der Waals surface area (Å²) in [5.41, 5.74) is 5.03. The van der Waals surface area contributed by atoms with E-state index in [1.165, 1.54) is 0 Å². The molecular weight excluding hydrogens is 100 g/mol. The third-order valence-electron chi connectivity index (χ3n) is 0.447. The maximum Gasteiger partial charge on any atom is 0.0618 e. The highest BCUT2D eigenvalue weighted by Gasteiger charge is 1.55. The fourth-order valence-electron chi connectivity index (χ4n) is 0. The van der Waals surface area contributed by atoms with Gasteiger partial charge in [-0.05, 0) is 13.0 Å². The Morgan fingerprint density at radius 1 is 1.50 bits per heavy atom. The van der Waals surface area contributed by atoms with Crippen LogP contribution in [0.3, 0.4) is 0 Å². The van der Waals surface area contributed by atoms with Crippen LogP contribution in [0.4, 0.5) is 0 Å². The Labute approximate surface area is 51.3 Å². The highest BCUT2D eigenvalue weighted by Crippen LogP contribution is 1.58. The first-order chi connectivity index (χ1) is 3.83. The molecule has 2 heteroatoms. The highest BCUT2D eigenvalue weighted by atomic mass is 14.5. The monoisotopic (exact) mass is 114 g/mol. The molecule has 0 saturated heterocycles. The predicted molar refractivity (Wildman–Crippen MR) is 35.2 cm³/mol. The van der Waals surface area contributed by atoms with Crippen molar-refractivity contribution in [2.75, 3.05) is 6.54 Å². The lowest BCUT2D eigenvalue weighted by Crippen LogP contribution is -1.93. The summed E-state index contributed by atoms with van der Waals surface area (Å²) in [5, 5.41) is 7.62. The van der Waals surface area contributed by atoms with Gasteiger partial charge in [0.25, 0.3) is 0 Å². The summed E-state index contributed by atoms with van der Waals surface area (Å²) in [7, 11) is 0. The average molecular weight is 114 g/mol. The molecule has 0 aliphatic heterocycles. The summed E-state index contributed by atoms with van der Waals surface area (Å²) < 4.78 is 0. The molecule has 0 unspecified atom stereocenters. The van der Waals surface area contributed by atoms with Crippen LogP contribution in [-0.4, -0.2) is 6.54 Å². The number of hydrogen-bond donors (Lipinski definition) is 1. The second-order valence-electron chi connectivity index (χ2n) is 1.30. The SMILES string of the molecule is CCC#N.CCCN. The molecule has 0 atom stereocenters. The third-order valence-corrected chi connectivity index (χ3v) is 0.447. The van der Waals surface area contributed by atoms with E-state index in [1.54, 1.807) is 0 Å². The summed E-state index contributed by atoms with van der Waals surface area (Å²) in [6.45, 7) is 4.69. The van der Waals surface area contributed by atoms with Crippen molar-refractivity contribution in [2.24, 2.45) is 5.73 Å². The first-order valence-electron chi connectivity index (χ1n) is 2.90. The standard InChI is InChI=1S/C3H9N.C3H5N/c2*1-2-3-4/h2-4H2,1H3;2H2,1H3. The van der Waals surface area contributed by atoms with Crippen LogP contribution in [0, 0.1) is 11.3 Å². The van der Waals surface area contributed by atoms with E-state index in [4.69, 9.17) is 11.0 Å². The molecule has 0 saturated carbocycles. The minimum Gasteiger partial charge on any atom is -0.330 e. The minimum atomic E-state index is 0.625. The predicted octanol–water partition coefficient (Wildman–Crippen LogP) is 1.28. The average Bonchev–Trinajstić information content (AvgIpc) is 1.88. The number of nitrogens with zero attached hydrogens (tertiary/aromatic N) is 1. The maximum absolute atomic E-state index is 7.62. The molecule has 8 heavy (non-hydrogen) atoms. The molecule has 2 N–H and O–H groups in total. The Morgan fingerprint density at radius 2 is 1.75 bits per heavy atom. The van der Waals surface area contributed by atoms with E-state index in [0.29, 0.717) is 6.42 Å². The van der Waals surface area contributed by atoms with Gasteiger partial charge in [-0.1, -0.05) is 13.8 Å². The molecule has 0 bridgehead atoms. The van der Waals surface area contributed by atoms with Crippen molar-refractivity contribution in [3.63, 3.8) is 0 Å². The summed E-state index contributed by atoms with van der Waals surface area (Å²) in [4.78, 5) is 0. The van der Waals surface area contributed by atoms with Gasteiger partial charge in [-0.2, -0.15) is 5.26 Å². The van der Waals surface area contributed by atoms with Gasteiger partial charge in [0.15, 0.2) is 0 Å². The van der Waals surface area contributed by atoms with Gasteiger partial charge in [-0.15, -0.1) is 0 Å². The smallest absolute Gasteiger partial charge is 0.0618 e. The lowest BCUT2D eigenvalue weighted by molar-refractivity contribution is 0.932. The zero-order chi connectivity index (χ0) is 6.83. The van der Waals surface area contributed by atoms with Crippen molar-refractivity contribution < 1.29 is 0 Å². The van der Waals surface area contributed by atoms with E-state index >= 15 is 0 Å². The van der Waals surface area contributed by atoms with E-state index in [9.17, 15) is 0 Å². The van der Waals surface area contributed by atoms with E-state index < -0.39 is 0 Å². The largest absolute Gasteiger partial charge is 0.330 e. The van der Waals surface area contributed by atoms with Crippen molar-refractivity contribution in [3.8, 4) is 6.07 Å². The van der Waals surface area contributed by atoms with Gasteiger partial charge in [0.1, 0.15) is 0 Å². The van der Waals surface area contributed by atoms with Gasteiger partial charge in [-0.3, -0.25) is 0 Å². The summed E-state index contributed by atoms with van der Waals surface area (Å²) >= 11 is 0. The van der Waals surface area contributed by atoms with E-state index in [0.717, 1.165) is 13.0 Å². The van der Waals surface area contributed by atoms with Gasteiger partial charge in [0.2, 0.25) is 0 Å². The van der Waals surface area contributed by atoms with E-state index in [-0.39, 0.29) is 0 Å². The Bertz CT molecular complexity index is 52.0. The van der Waals surface area contributed by atoms with Gasteiger partial charge >= 0.3 is 0 Å². The van der Waals surface area contributed by atoms with Crippen LogP contribution in [-0.2, 0) is 0 Å². The molecule has 48 valence electrons. The van der Waals surface area contributed by atoms with Crippen LogP contribution >= 0.6 is 0 Å². The molecule has 0 amide bonds. The van der Waals surface area contributed by atoms with Crippen molar-refractivity contribution in [1.29, 1.82) is 5.26 Å². The van der Waals surface area contributed by atoms with Gasteiger partial charge in [-0.25, -0.2) is 0 Å². The molecule has 0 aromatic rings. The molecule has 0 aromatic carbocycles. The van der Waals surface area contributed by atoms with Crippen molar-refractivity contribution in [1.82, 2.24) is 0 Å². The molecule has 0 aliphatic rings. The summed E-state index contributed by atoms with van der Waals surface area (Å²) in [6.07, 6.45) is 1.72. The summed E-state index contributed by atoms with van der Waals surface area (Å²) in [5.74, 6) is 0. The lowest BCUT2D eigenvalue weighted by Gasteiger charge is -1.70. The zero-order valence-corrected chi connectivity index (χ0v) is 5.65. The molecule has 0 aliphatic carbocycles. The number of rotatable bonds is 1. The topological polar surface area (TPSA) is 49.8 Å². The minimum absolute atomic E-state index is 0.625. The van der Waals surface area contributed by atoms with Crippen LogP contribution in [0.5, 0.6) is 0 Å². The Kier molecular flexibility index (Phi) is 21.0. The molecule has 0 rings (SSSR count). The quantitative estimate of drug-likeness (QED) is 0.558. The van der Waals surface area contributed by atoms with E-state index in [2.05, 4.69) is 6.92 Å². The zero-order valence-electron chi connectivity index (χ0n) is 5.65. The first kappa shape index (κ1) is 10.4. The van der Waals surface area contributed by atoms with Crippen LogP contribution in [0.2, 0.25) is 0 Å². The highest BCUT2D eigenvalue weighted by molar-refractivity contribution is 4.61. The van der Waals surface area contributed by atoms with Gasteiger partial charge in [0.05, 0.1) is 6.07 Å². The summed E-state index contributed by atoms with van der Waals surface area (Å²) in [6, 6.07) is 1.93. The lowest BCUT2D eigenvalue weighted by atomic mass is 10.5. The molecule has 0 heterocycles. The van der Waals surface area contributed by atoms with Crippen LogP contribution in [0.1, 0.15) is 26.7 Å². The fourth-order valence-corrected chi connectivity index (χ4v) is 0. The van der Waals surface area contributed by atoms with Crippen molar-refractivity contribution >= 4 is 0 Å². The maximum atomic E-state index is 7.62. The van der Waals surface area contributed by atoms with Gasteiger partial charge < -0.3 is 5.73 Å². The normalized spacial score (nSPS) is 6.25. The first-order valence-corrected chi connectivity index (χ1v) is 2.90. The number of hydrogen-bond acceptors (Lipinski definition) is 2. The Morgan fingerprint density at radius 3 is 1.75 bits per heavy atom. The second kappa shape index (κ2) is 16.1. The molecule has 2 nitrogen and oxygen atoms in total. The molecule has 0 spiro atoms. The Balaban J connectivity index is 0. The van der Waals surface area contributed by atoms with Gasteiger partial charge in [0, 0.05) is 6.42 Å². The fraction of sp³-hybridized carbons (Fsp3) is 0.833. The van der Waals surface area contributed by atoms with Crippen LogP contribution < -0.4 is 5.73 Å². The van der Waals surface area contributed by atoms with E-state index in [1.807, 2.05) is 13.0 Å². The second-order valence-corrected chi connectivity index (χ2v) is 1.30. The molecule has 0 aromatic heterocycles. The molecule has 0 fully saturated rings.